The van der Waals surface area contributed by atoms with Crippen LogP contribution in [0.15, 0.2) is 28.7 Å². The fraction of sp³-hybridized carbons (Fsp3) is 0.526. The van der Waals surface area contributed by atoms with Gasteiger partial charge in [-0.1, -0.05) is 22.4 Å². The lowest BCUT2D eigenvalue weighted by Gasteiger charge is -2.44. The van der Waals surface area contributed by atoms with E-state index in [9.17, 15) is 4.79 Å². The van der Waals surface area contributed by atoms with E-state index in [4.69, 9.17) is 0 Å². The van der Waals surface area contributed by atoms with Crippen molar-refractivity contribution in [1.82, 2.24) is 10.2 Å². The maximum atomic E-state index is 12.6. The molecule has 3 heterocycles. The van der Waals surface area contributed by atoms with Crippen molar-refractivity contribution in [1.29, 1.82) is 0 Å². The molecule has 1 aromatic heterocycles. The highest BCUT2D eigenvalue weighted by atomic mass is 79.9. The number of hydrogen-bond acceptors (Lipinski definition) is 3. The Morgan fingerprint density at radius 3 is 3.00 bits per heavy atom. The number of thiophene rings is 1. The summed E-state index contributed by atoms with van der Waals surface area (Å²) < 4.78 is 2.22. The van der Waals surface area contributed by atoms with Crippen LogP contribution in [-0.4, -0.2) is 36.5 Å². The highest BCUT2D eigenvalue weighted by Crippen LogP contribution is 2.31. The van der Waals surface area contributed by atoms with Crippen molar-refractivity contribution in [2.75, 3.05) is 19.6 Å². The third-order valence-electron chi connectivity index (χ3n) is 5.46. The van der Waals surface area contributed by atoms with Gasteiger partial charge >= 0.3 is 0 Å². The smallest absolute Gasteiger partial charge is 0.261 e. The Kier molecular flexibility index (Phi) is 4.93. The molecule has 2 aliphatic heterocycles. The van der Waals surface area contributed by atoms with Gasteiger partial charge in [-0.2, -0.15) is 0 Å². The second-order valence-electron chi connectivity index (χ2n) is 7.00. The Balaban J connectivity index is 1.41. The molecule has 128 valence electrons. The highest BCUT2D eigenvalue weighted by molar-refractivity contribution is 9.10. The van der Waals surface area contributed by atoms with E-state index in [1.54, 1.807) is 11.3 Å². The molecule has 4 rings (SSSR count). The Hall–Kier alpha value is -0.910. The number of benzene rings is 1. The van der Waals surface area contributed by atoms with Crippen molar-refractivity contribution in [3.63, 3.8) is 0 Å². The minimum absolute atomic E-state index is 0.0836. The number of carbonyl (C=O) groups excluding carboxylic acids is 1. The summed E-state index contributed by atoms with van der Waals surface area (Å²) in [6.07, 6.45) is 6.51. The molecule has 2 aromatic rings. The van der Waals surface area contributed by atoms with Crippen LogP contribution in [0, 0.1) is 5.92 Å². The molecule has 2 aliphatic rings. The van der Waals surface area contributed by atoms with Gasteiger partial charge in [0.2, 0.25) is 0 Å². The predicted octanol–water partition coefficient (Wildman–Crippen LogP) is 4.66. The molecular weight excluding hydrogens is 384 g/mol. The first-order valence-electron chi connectivity index (χ1n) is 8.92. The first kappa shape index (κ1) is 16.6. The molecule has 0 unspecified atom stereocenters. The first-order chi connectivity index (χ1) is 11.7. The molecule has 24 heavy (non-hydrogen) atoms. The predicted molar refractivity (Wildman–Crippen MR) is 104 cm³/mol. The van der Waals surface area contributed by atoms with Crippen molar-refractivity contribution < 1.29 is 4.79 Å². The Labute approximate surface area is 155 Å². The second-order valence-corrected chi connectivity index (χ2v) is 9.00. The minimum atomic E-state index is 0.0836. The van der Waals surface area contributed by atoms with Crippen LogP contribution in [0.5, 0.6) is 0 Å². The summed E-state index contributed by atoms with van der Waals surface area (Å²) in [5.74, 6) is 0.701. The maximum Gasteiger partial charge on any atom is 0.261 e. The van der Waals surface area contributed by atoms with Crippen LogP contribution in [0.3, 0.4) is 0 Å². The van der Waals surface area contributed by atoms with E-state index < -0.39 is 0 Å². The number of halogens is 1. The van der Waals surface area contributed by atoms with E-state index >= 15 is 0 Å². The summed E-state index contributed by atoms with van der Waals surface area (Å²) in [5.41, 5.74) is 0. The molecule has 1 amide bonds. The van der Waals surface area contributed by atoms with Crippen LogP contribution < -0.4 is 5.32 Å². The Bertz CT molecular complexity index is 742. The van der Waals surface area contributed by atoms with E-state index in [2.05, 4.69) is 38.3 Å². The number of nitrogens with one attached hydrogen (secondary N) is 1. The standard InChI is InChI=1S/C19H23BrN2OS/c20-15-6-7-17-14(10-15)11-18(24-17)19(23)21-12-13-4-3-9-22-8-2-1-5-16(13)22/h6-7,10-11,13,16H,1-5,8-9,12H2,(H,21,23)/t13-,16+/m0/s1. The SMILES string of the molecule is O=C(NC[C@@H]1CCCN2CCCC[C@H]12)c1cc2cc(Br)ccc2s1. The third kappa shape index (κ3) is 3.39. The molecule has 2 atom stereocenters. The van der Waals surface area contributed by atoms with Crippen molar-refractivity contribution >= 4 is 43.3 Å². The normalized spacial score (nSPS) is 24.7. The van der Waals surface area contributed by atoms with Gasteiger partial charge in [0.15, 0.2) is 0 Å². The summed E-state index contributed by atoms with van der Waals surface area (Å²) in [6.45, 7) is 3.32. The molecular formula is C19H23BrN2OS. The van der Waals surface area contributed by atoms with Gasteiger partial charge in [0, 0.05) is 21.8 Å². The van der Waals surface area contributed by atoms with E-state index in [1.807, 2.05) is 12.1 Å². The van der Waals surface area contributed by atoms with Gasteiger partial charge in [0.05, 0.1) is 4.88 Å². The van der Waals surface area contributed by atoms with Crippen LogP contribution >= 0.6 is 27.3 Å². The number of hydrogen-bond donors (Lipinski definition) is 1. The number of carbonyl (C=O) groups is 1. The van der Waals surface area contributed by atoms with Gasteiger partial charge in [-0.25, -0.2) is 0 Å². The van der Waals surface area contributed by atoms with E-state index in [1.165, 1.54) is 49.9 Å². The molecule has 0 aliphatic carbocycles. The first-order valence-corrected chi connectivity index (χ1v) is 10.5. The van der Waals surface area contributed by atoms with E-state index in [-0.39, 0.29) is 5.91 Å². The van der Waals surface area contributed by atoms with Gasteiger partial charge in [0.25, 0.3) is 5.91 Å². The zero-order valence-electron chi connectivity index (χ0n) is 13.8. The van der Waals surface area contributed by atoms with Crippen molar-refractivity contribution in [3.05, 3.63) is 33.6 Å². The number of rotatable bonds is 3. The largest absolute Gasteiger partial charge is 0.351 e. The number of nitrogens with zero attached hydrogens (tertiary/aromatic N) is 1. The molecule has 0 bridgehead atoms. The summed E-state index contributed by atoms with van der Waals surface area (Å²) >= 11 is 5.07. The van der Waals surface area contributed by atoms with Crippen molar-refractivity contribution in [3.8, 4) is 0 Å². The number of piperidine rings is 2. The molecule has 1 aromatic carbocycles. The zero-order valence-corrected chi connectivity index (χ0v) is 16.2. The molecule has 0 saturated carbocycles. The molecule has 1 N–H and O–H groups in total. The second kappa shape index (κ2) is 7.14. The summed E-state index contributed by atoms with van der Waals surface area (Å²) in [4.78, 5) is 16.0. The summed E-state index contributed by atoms with van der Waals surface area (Å²) in [5, 5.41) is 4.35. The minimum Gasteiger partial charge on any atom is -0.351 e. The quantitative estimate of drug-likeness (QED) is 0.803. The lowest BCUT2D eigenvalue weighted by atomic mass is 9.83. The van der Waals surface area contributed by atoms with E-state index in [0.29, 0.717) is 12.0 Å². The van der Waals surface area contributed by atoms with Gasteiger partial charge in [-0.15, -0.1) is 11.3 Å². The third-order valence-corrected chi connectivity index (χ3v) is 7.06. The van der Waals surface area contributed by atoms with Crippen LogP contribution in [-0.2, 0) is 0 Å². The monoisotopic (exact) mass is 406 g/mol. The lowest BCUT2D eigenvalue weighted by Crippen LogP contribution is -2.50. The molecule has 0 radical (unpaired) electrons. The summed E-state index contributed by atoms with van der Waals surface area (Å²) in [6, 6.07) is 8.87. The fourth-order valence-electron chi connectivity index (χ4n) is 4.25. The average Bonchev–Trinajstić information content (AvgIpc) is 3.03. The van der Waals surface area contributed by atoms with Crippen LogP contribution in [0.25, 0.3) is 10.1 Å². The maximum absolute atomic E-state index is 12.6. The highest BCUT2D eigenvalue weighted by Gasteiger charge is 2.33. The van der Waals surface area contributed by atoms with Gasteiger partial charge in [-0.3, -0.25) is 4.79 Å². The average molecular weight is 407 g/mol. The topological polar surface area (TPSA) is 32.3 Å². The van der Waals surface area contributed by atoms with E-state index in [0.717, 1.165) is 21.3 Å². The Morgan fingerprint density at radius 2 is 2.08 bits per heavy atom. The molecule has 5 heteroatoms. The van der Waals surface area contributed by atoms with Gasteiger partial charge in [0.1, 0.15) is 0 Å². The van der Waals surface area contributed by atoms with Crippen LogP contribution in [0.1, 0.15) is 41.8 Å². The Morgan fingerprint density at radius 1 is 1.21 bits per heavy atom. The molecule has 3 nitrogen and oxygen atoms in total. The molecule has 2 saturated heterocycles. The van der Waals surface area contributed by atoms with Gasteiger partial charge < -0.3 is 10.2 Å². The fourth-order valence-corrected chi connectivity index (χ4v) is 5.59. The molecule has 2 fully saturated rings. The lowest BCUT2D eigenvalue weighted by molar-refractivity contribution is 0.0576. The summed E-state index contributed by atoms with van der Waals surface area (Å²) in [7, 11) is 0. The van der Waals surface area contributed by atoms with Crippen molar-refractivity contribution in [2.24, 2.45) is 5.92 Å². The number of amides is 1. The van der Waals surface area contributed by atoms with Crippen LogP contribution in [0.2, 0.25) is 0 Å². The van der Waals surface area contributed by atoms with Gasteiger partial charge in [-0.05, 0) is 74.3 Å². The van der Waals surface area contributed by atoms with Crippen LogP contribution in [0.4, 0.5) is 0 Å². The zero-order chi connectivity index (χ0) is 16.5. The number of fused-ring (bicyclic) bond motifs is 2. The van der Waals surface area contributed by atoms with Crippen molar-refractivity contribution in [2.45, 2.75) is 38.1 Å². The molecule has 0 spiro atoms.